The first kappa shape index (κ1) is 12.8. The number of rotatable bonds is 5. The van der Waals surface area contributed by atoms with Gasteiger partial charge in [-0.05, 0) is 31.0 Å². The molecular weight excluding hydrogens is 246 g/mol. The number of carbonyl (C=O) groups is 1. The molecule has 0 amide bonds. The van der Waals surface area contributed by atoms with E-state index in [1.165, 1.54) is 11.3 Å². The minimum Gasteiger partial charge on any atom is -0.497 e. The van der Waals surface area contributed by atoms with Crippen molar-refractivity contribution in [3.8, 4) is 5.75 Å². The molecule has 0 aliphatic carbocycles. The summed E-state index contributed by atoms with van der Waals surface area (Å²) in [5.41, 5.74) is 2.05. The fourth-order valence-corrected chi connectivity index (χ4v) is 2.64. The lowest BCUT2D eigenvalue weighted by Crippen LogP contribution is -2.04. The Morgan fingerprint density at radius 2 is 2.33 bits per heavy atom. The molecule has 0 saturated heterocycles. The van der Waals surface area contributed by atoms with Crippen molar-refractivity contribution in [2.24, 2.45) is 0 Å². The molecule has 2 aromatic rings. The normalized spacial score (nSPS) is 12.1. The van der Waals surface area contributed by atoms with E-state index in [1.54, 1.807) is 7.11 Å². The van der Waals surface area contributed by atoms with Crippen LogP contribution >= 0.6 is 11.3 Å². The lowest BCUT2D eigenvalue weighted by molar-refractivity contribution is -0.109. The van der Waals surface area contributed by atoms with Crippen molar-refractivity contribution in [2.45, 2.75) is 19.3 Å². The standard InChI is InChI=1S/C14H15NO2S/c1-10-9-18-14(15-10)12(8-16)6-11-4-3-5-13(7-11)17-2/h3-5,7-9,12H,6H2,1-2H3. The molecule has 1 aromatic carbocycles. The largest absolute Gasteiger partial charge is 0.497 e. The van der Waals surface area contributed by atoms with Crippen molar-refractivity contribution in [1.29, 1.82) is 0 Å². The van der Waals surface area contributed by atoms with Gasteiger partial charge in [0, 0.05) is 11.1 Å². The van der Waals surface area contributed by atoms with Crippen LogP contribution in [0, 0.1) is 6.92 Å². The van der Waals surface area contributed by atoms with E-state index in [1.807, 2.05) is 36.6 Å². The molecule has 0 saturated carbocycles. The molecule has 1 unspecified atom stereocenters. The zero-order chi connectivity index (χ0) is 13.0. The van der Waals surface area contributed by atoms with Gasteiger partial charge in [0.15, 0.2) is 0 Å². The third-order valence-electron chi connectivity index (χ3n) is 2.71. The average molecular weight is 261 g/mol. The maximum absolute atomic E-state index is 11.2. The quantitative estimate of drug-likeness (QED) is 0.777. The lowest BCUT2D eigenvalue weighted by atomic mass is 10.0. The number of methoxy groups -OCH3 is 1. The molecule has 3 nitrogen and oxygen atoms in total. The third-order valence-corrected chi connectivity index (χ3v) is 3.80. The van der Waals surface area contributed by atoms with Crippen LogP contribution in [0.1, 0.15) is 22.2 Å². The number of carbonyl (C=O) groups excluding carboxylic acids is 1. The maximum atomic E-state index is 11.2. The number of ether oxygens (including phenoxy) is 1. The Labute approximate surface area is 110 Å². The molecule has 0 spiro atoms. The van der Waals surface area contributed by atoms with Gasteiger partial charge >= 0.3 is 0 Å². The Balaban J connectivity index is 2.17. The second kappa shape index (κ2) is 5.78. The smallest absolute Gasteiger partial charge is 0.130 e. The van der Waals surface area contributed by atoms with Gasteiger partial charge in [-0.25, -0.2) is 4.98 Å². The monoisotopic (exact) mass is 261 g/mol. The van der Waals surface area contributed by atoms with Crippen molar-refractivity contribution >= 4 is 17.6 Å². The van der Waals surface area contributed by atoms with Gasteiger partial charge in [0.2, 0.25) is 0 Å². The molecule has 0 aliphatic heterocycles. The highest BCUT2D eigenvalue weighted by molar-refractivity contribution is 7.09. The minimum atomic E-state index is -0.171. The van der Waals surface area contributed by atoms with Gasteiger partial charge in [-0.15, -0.1) is 11.3 Å². The van der Waals surface area contributed by atoms with E-state index in [2.05, 4.69) is 4.98 Å². The van der Waals surface area contributed by atoms with Crippen LogP contribution in [0.15, 0.2) is 29.6 Å². The van der Waals surface area contributed by atoms with Gasteiger partial charge < -0.3 is 9.53 Å². The molecule has 1 aromatic heterocycles. The van der Waals surface area contributed by atoms with Crippen LogP contribution in [0.2, 0.25) is 0 Å². The summed E-state index contributed by atoms with van der Waals surface area (Å²) in [6, 6.07) is 7.78. The molecule has 0 aliphatic rings. The van der Waals surface area contributed by atoms with E-state index in [4.69, 9.17) is 4.74 Å². The first-order valence-corrected chi connectivity index (χ1v) is 6.61. The topological polar surface area (TPSA) is 39.2 Å². The summed E-state index contributed by atoms with van der Waals surface area (Å²) in [4.78, 5) is 15.6. The van der Waals surface area contributed by atoms with Crippen molar-refractivity contribution in [3.63, 3.8) is 0 Å². The highest BCUT2D eigenvalue weighted by Gasteiger charge is 2.15. The van der Waals surface area contributed by atoms with Gasteiger partial charge in [-0.1, -0.05) is 12.1 Å². The van der Waals surface area contributed by atoms with Crippen LogP contribution in [0.4, 0.5) is 0 Å². The SMILES string of the molecule is COc1cccc(CC(C=O)c2nc(C)cs2)c1. The number of hydrogen-bond donors (Lipinski definition) is 0. The van der Waals surface area contributed by atoms with Gasteiger partial charge in [-0.3, -0.25) is 0 Å². The second-order valence-corrected chi connectivity index (χ2v) is 5.02. The van der Waals surface area contributed by atoms with Crippen LogP contribution in [0.25, 0.3) is 0 Å². The fourth-order valence-electron chi connectivity index (χ4n) is 1.79. The summed E-state index contributed by atoms with van der Waals surface area (Å²) in [6.45, 7) is 1.94. The summed E-state index contributed by atoms with van der Waals surface area (Å²) in [6.07, 6.45) is 1.63. The van der Waals surface area contributed by atoms with Crippen LogP contribution < -0.4 is 4.74 Å². The predicted molar refractivity (Wildman–Crippen MR) is 72.4 cm³/mol. The maximum Gasteiger partial charge on any atom is 0.130 e. The first-order chi connectivity index (χ1) is 8.72. The Morgan fingerprint density at radius 1 is 1.50 bits per heavy atom. The van der Waals surface area contributed by atoms with Crippen molar-refractivity contribution in [2.75, 3.05) is 7.11 Å². The molecule has 0 bridgehead atoms. The van der Waals surface area contributed by atoms with E-state index < -0.39 is 0 Å². The Bertz CT molecular complexity index is 536. The molecule has 1 heterocycles. The molecular formula is C14H15NO2S. The third kappa shape index (κ3) is 2.96. The van der Waals surface area contributed by atoms with Crippen molar-refractivity contribution < 1.29 is 9.53 Å². The number of aromatic nitrogens is 1. The Kier molecular flexibility index (Phi) is 4.10. The first-order valence-electron chi connectivity index (χ1n) is 5.73. The van der Waals surface area contributed by atoms with Gasteiger partial charge in [0.1, 0.15) is 17.0 Å². The lowest BCUT2D eigenvalue weighted by Gasteiger charge is -2.08. The summed E-state index contributed by atoms with van der Waals surface area (Å²) in [5.74, 6) is 0.642. The summed E-state index contributed by atoms with van der Waals surface area (Å²) in [5, 5.41) is 2.85. The van der Waals surface area contributed by atoms with E-state index in [9.17, 15) is 4.79 Å². The molecule has 94 valence electrons. The Hall–Kier alpha value is -1.68. The molecule has 2 rings (SSSR count). The molecule has 1 atom stereocenters. The molecule has 4 heteroatoms. The van der Waals surface area contributed by atoms with Crippen molar-refractivity contribution in [1.82, 2.24) is 4.98 Å². The highest BCUT2D eigenvalue weighted by atomic mass is 32.1. The number of nitrogens with zero attached hydrogens (tertiary/aromatic N) is 1. The number of benzene rings is 1. The van der Waals surface area contributed by atoms with Gasteiger partial charge in [0.05, 0.1) is 13.0 Å². The summed E-state index contributed by atoms with van der Waals surface area (Å²) >= 11 is 1.54. The van der Waals surface area contributed by atoms with Gasteiger partial charge in [-0.2, -0.15) is 0 Å². The van der Waals surface area contributed by atoms with Crippen LogP contribution in [0.5, 0.6) is 5.75 Å². The van der Waals surface area contributed by atoms with E-state index >= 15 is 0 Å². The molecule has 0 fully saturated rings. The number of thiazole rings is 1. The summed E-state index contributed by atoms with van der Waals surface area (Å²) in [7, 11) is 1.64. The molecule has 0 N–H and O–H groups in total. The molecule has 18 heavy (non-hydrogen) atoms. The van der Waals surface area contributed by atoms with E-state index in [0.717, 1.165) is 28.3 Å². The second-order valence-electron chi connectivity index (χ2n) is 4.13. The number of aryl methyl sites for hydroxylation is 1. The fraction of sp³-hybridized carbons (Fsp3) is 0.286. The van der Waals surface area contributed by atoms with Crippen LogP contribution in [0.3, 0.4) is 0 Å². The molecule has 0 radical (unpaired) electrons. The van der Waals surface area contributed by atoms with Crippen molar-refractivity contribution in [3.05, 3.63) is 45.9 Å². The van der Waals surface area contributed by atoms with Crippen LogP contribution in [-0.4, -0.2) is 18.4 Å². The van der Waals surface area contributed by atoms with Gasteiger partial charge in [0.25, 0.3) is 0 Å². The minimum absolute atomic E-state index is 0.171. The Morgan fingerprint density at radius 3 is 2.94 bits per heavy atom. The zero-order valence-electron chi connectivity index (χ0n) is 10.4. The average Bonchev–Trinajstić information content (AvgIpc) is 2.82. The summed E-state index contributed by atoms with van der Waals surface area (Å²) < 4.78 is 5.18. The highest BCUT2D eigenvalue weighted by Crippen LogP contribution is 2.24. The van der Waals surface area contributed by atoms with Crippen LogP contribution in [-0.2, 0) is 11.2 Å². The number of hydrogen-bond acceptors (Lipinski definition) is 4. The van der Waals surface area contributed by atoms with E-state index in [0.29, 0.717) is 6.42 Å². The van der Waals surface area contributed by atoms with E-state index in [-0.39, 0.29) is 5.92 Å². The zero-order valence-corrected chi connectivity index (χ0v) is 11.2. The predicted octanol–water partition coefficient (Wildman–Crippen LogP) is 2.99. The number of aldehydes is 1.